The molecule has 1 N–H and O–H groups in total. The summed E-state index contributed by atoms with van der Waals surface area (Å²) in [7, 11) is 0. The largest absolute Gasteiger partial charge is 0.416 e. The van der Waals surface area contributed by atoms with E-state index in [0.717, 1.165) is 23.4 Å². The van der Waals surface area contributed by atoms with Crippen LogP contribution in [0.4, 0.5) is 19.0 Å². The fourth-order valence-corrected chi connectivity index (χ4v) is 3.79. The molecule has 8 nitrogen and oxygen atoms in total. The molecule has 0 spiro atoms. The molecule has 1 aromatic carbocycles. The number of aryl methyl sites for hydroxylation is 3. The zero-order valence-corrected chi connectivity index (χ0v) is 18.6. The maximum Gasteiger partial charge on any atom is 0.416 e. The van der Waals surface area contributed by atoms with Crippen molar-refractivity contribution in [3.63, 3.8) is 0 Å². The first-order chi connectivity index (χ1) is 16.1. The number of benzene rings is 1. The highest BCUT2D eigenvalue weighted by molar-refractivity contribution is 5.90. The minimum atomic E-state index is -4.49. The summed E-state index contributed by atoms with van der Waals surface area (Å²) in [6, 6.07) is 8.39. The van der Waals surface area contributed by atoms with Crippen LogP contribution in [0.3, 0.4) is 0 Å². The Labute approximate surface area is 192 Å². The molecule has 3 heterocycles. The normalized spacial score (nSPS) is 11.6. The Bertz CT molecular complexity index is 1440. The molecule has 0 unspecified atom stereocenters. The van der Waals surface area contributed by atoms with E-state index in [1.54, 1.807) is 24.4 Å². The van der Waals surface area contributed by atoms with Gasteiger partial charge < -0.3 is 5.32 Å². The molecule has 0 atom stereocenters. The van der Waals surface area contributed by atoms with Crippen LogP contribution in [0.1, 0.15) is 40.2 Å². The molecule has 0 saturated carbocycles. The van der Waals surface area contributed by atoms with Crippen molar-refractivity contribution in [3.05, 3.63) is 70.3 Å². The Morgan fingerprint density at radius 1 is 1.21 bits per heavy atom. The van der Waals surface area contributed by atoms with Crippen molar-refractivity contribution in [1.82, 2.24) is 24.4 Å². The van der Waals surface area contributed by atoms with Gasteiger partial charge in [0.1, 0.15) is 17.5 Å². The Hall–Kier alpha value is -4.20. The molecule has 3 aromatic heterocycles. The fraction of sp³-hybridized carbons (Fsp3) is 0.261. The minimum absolute atomic E-state index is 0.105. The monoisotopic (exact) mass is 467 g/mol. The number of hydrogen-bond acceptors (Lipinski definition) is 5. The standard InChI is InChI=1S/C23H20F3N7O/c1-13-9-20(33(31-13)18-6-4-5-17(10-18)23(24,25)26)30-21(34)8-7-19-14(2)29-22-16(11-27)12-28-32(22)15(19)3/h4-6,9-10,12H,7-8H2,1-3H3,(H,30,34). The van der Waals surface area contributed by atoms with Crippen molar-refractivity contribution >= 4 is 17.4 Å². The third-order valence-corrected chi connectivity index (χ3v) is 5.45. The van der Waals surface area contributed by atoms with Crippen LogP contribution in [0.5, 0.6) is 0 Å². The number of nitriles is 1. The summed E-state index contributed by atoms with van der Waals surface area (Å²) in [6.45, 7) is 5.34. The molecule has 34 heavy (non-hydrogen) atoms. The van der Waals surface area contributed by atoms with Crippen molar-refractivity contribution in [3.8, 4) is 11.8 Å². The molecule has 0 bridgehead atoms. The molecule has 0 saturated heterocycles. The molecule has 0 aliphatic carbocycles. The van der Waals surface area contributed by atoms with Gasteiger partial charge in [0.15, 0.2) is 5.65 Å². The number of nitrogens with zero attached hydrogens (tertiary/aromatic N) is 6. The first-order valence-electron chi connectivity index (χ1n) is 10.4. The molecule has 4 rings (SSSR count). The highest BCUT2D eigenvalue weighted by Gasteiger charge is 2.30. The Balaban J connectivity index is 1.54. The van der Waals surface area contributed by atoms with Crippen molar-refractivity contribution in [2.45, 2.75) is 39.8 Å². The molecule has 0 radical (unpaired) electrons. The lowest BCUT2D eigenvalue weighted by Crippen LogP contribution is -2.17. The van der Waals surface area contributed by atoms with E-state index in [0.29, 0.717) is 29.0 Å². The molecule has 0 fully saturated rings. The molecule has 11 heteroatoms. The Kier molecular flexibility index (Phi) is 5.83. The summed E-state index contributed by atoms with van der Waals surface area (Å²) < 4.78 is 42.2. The number of fused-ring (bicyclic) bond motifs is 1. The lowest BCUT2D eigenvalue weighted by atomic mass is 10.1. The average molecular weight is 467 g/mol. The number of anilines is 1. The maximum absolute atomic E-state index is 13.1. The smallest absolute Gasteiger partial charge is 0.311 e. The van der Waals surface area contributed by atoms with Crippen LogP contribution in [0.15, 0.2) is 36.5 Å². The van der Waals surface area contributed by atoms with Crippen LogP contribution < -0.4 is 5.32 Å². The van der Waals surface area contributed by atoms with E-state index in [9.17, 15) is 23.2 Å². The van der Waals surface area contributed by atoms with E-state index < -0.39 is 11.7 Å². The lowest BCUT2D eigenvalue weighted by Gasteiger charge is -2.13. The first kappa shape index (κ1) is 23.0. The van der Waals surface area contributed by atoms with Gasteiger partial charge in [-0.05, 0) is 51.0 Å². The summed E-state index contributed by atoms with van der Waals surface area (Å²) >= 11 is 0. The molecule has 0 aliphatic rings. The van der Waals surface area contributed by atoms with Gasteiger partial charge in [-0.1, -0.05) is 6.07 Å². The third-order valence-electron chi connectivity index (χ3n) is 5.45. The second kappa shape index (κ2) is 8.62. The van der Waals surface area contributed by atoms with Crippen LogP contribution >= 0.6 is 0 Å². The van der Waals surface area contributed by atoms with Gasteiger partial charge >= 0.3 is 6.18 Å². The number of carbonyl (C=O) groups excluding carboxylic acids is 1. The van der Waals surface area contributed by atoms with E-state index in [4.69, 9.17) is 0 Å². The number of hydrogen-bond donors (Lipinski definition) is 1. The SMILES string of the molecule is Cc1cc(NC(=O)CCc2c(C)nc3c(C#N)cnn3c2C)n(-c2cccc(C(F)(F)F)c2)n1. The van der Waals surface area contributed by atoms with Gasteiger partial charge in [-0.25, -0.2) is 14.2 Å². The lowest BCUT2D eigenvalue weighted by molar-refractivity contribution is -0.137. The van der Waals surface area contributed by atoms with Gasteiger partial charge in [0.25, 0.3) is 0 Å². The highest BCUT2D eigenvalue weighted by atomic mass is 19.4. The van der Waals surface area contributed by atoms with E-state index in [1.165, 1.54) is 23.0 Å². The van der Waals surface area contributed by atoms with Gasteiger partial charge in [0.2, 0.25) is 5.91 Å². The van der Waals surface area contributed by atoms with E-state index in [2.05, 4.69) is 26.6 Å². The van der Waals surface area contributed by atoms with Crippen LogP contribution in [-0.4, -0.2) is 30.3 Å². The summed E-state index contributed by atoms with van der Waals surface area (Å²) in [4.78, 5) is 17.2. The number of amides is 1. The van der Waals surface area contributed by atoms with Gasteiger partial charge in [-0.3, -0.25) is 4.79 Å². The Morgan fingerprint density at radius 2 is 1.97 bits per heavy atom. The van der Waals surface area contributed by atoms with Gasteiger partial charge in [0, 0.05) is 23.9 Å². The average Bonchev–Trinajstić information content (AvgIpc) is 3.35. The van der Waals surface area contributed by atoms with Gasteiger partial charge in [-0.2, -0.15) is 28.6 Å². The van der Waals surface area contributed by atoms with Crippen LogP contribution in [0, 0.1) is 32.1 Å². The number of nitrogens with one attached hydrogen (secondary N) is 1. The molecule has 4 aromatic rings. The number of halogens is 3. The Morgan fingerprint density at radius 3 is 2.68 bits per heavy atom. The quantitative estimate of drug-likeness (QED) is 0.472. The number of rotatable bonds is 5. The van der Waals surface area contributed by atoms with Crippen molar-refractivity contribution in [2.75, 3.05) is 5.32 Å². The van der Waals surface area contributed by atoms with Crippen LogP contribution in [0.2, 0.25) is 0 Å². The second-order valence-corrected chi connectivity index (χ2v) is 7.85. The number of carbonyl (C=O) groups is 1. The van der Waals surface area contributed by atoms with Crippen molar-refractivity contribution in [2.24, 2.45) is 0 Å². The minimum Gasteiger partial charge on any atom is -0.311 e. The maximum atomic E-state index is 13.1. The molecule has 174 valence electrons. The number of aromatic nitrogens is 5. The second-order valence-electron chi connectivity index (χ2n) is 7.85. The van der Waals surface area contributed by atoms with Crippen molar-refractivity contribution < 1.29 is 18.0 Å². The van der Waals surface area contributed by atoms with Crippen molar-refractivity contribution in [1.29, 1.82) is 5.26 Å². The zero-order chi connectivity index (χ0) is 24.6. The molecule has 0 aliphatic heterocycles. The van der Waals surface area contributed by atoms with E-state index in [-0.39, 0.29) is 23.8 Å². The summed E-state index contributed by atoms with van der Waals surface area (Å²) in [5.74, 6) is -0.0558. The summed E-state index contributed by atoms with van der Waals surface area (Å²) in [5, 5.41) is 20.4. The molecular formula is C23H20F3N7O. The number of alkyl halides is 3. The van der Waals surface area contributed by atoms with Crippen LogP contribution in [0.25, 0.3) is 11.3 Å². The summed E-state index contributed by atoms with van der Waals surface area (Å²) in [5.41, 5.74) is 3.06. The highest BCUT2D eigenvalue weighted by Crippen LogP contribution is 2.31. The fourth-order valence-electron chi connectivity index (χ4n) is 3.79. The third kappa shape index (κ3) is 4.34. The van der Waals surface area contributed by atoms with E-state index in [1.807, 2.05) is 6.92 Å². The van der Waals surface area contributed by atoms with Gasteiger partial charge in [-0.15, -0.1) is 0 Å². The van der Waals surface area contributed by atoms with Gasteiger partial charge in [0.05, 0.1) is 23.1 Å². The topological polar surface area (TPSA) is 101 Å². The first-order valence-corrected chi connectivity index (χ1v) is 10.4. The van der Waals surface area contributed by atoms with Crippen LogP contribution in [-0.2, 0) is 17.4 Å². The summed E-state index contributed by atoms with van der Waals surface area (Å²) in [6.07, 6.45) is -2.57. The molecular weight excluding hydrogens is 447 g/mol. The predicted octanol–water partition coefficient (Wildman–Crippen LogP) is 4.30. The zero-order valence-electron chi connectivity index (χ0n) is 18.6. The van der Waals surface area contributed by atoms with E-state index >= 15 is 0 Å². The molecule has 1 amide bonds. The predicted molar refractivity (Wildman–Crippen MR) is 117 cm³/mol.